The number of rotatable bonds is 6. The number of nitrogens with one attached hydrogen (secondary N) is 1. The molecule has 1 rings (SSSR count). The van der Waals surface area contributed by atoms with E-state index in [1.807, 2.05) is 0 Å². The molecule has 0 radical (unpaired) electrons. The van der Waals surface area contributed by atoms with Gasteiger partial charge in [0.2, 0.25) is 0 Å². The van der Waals surface area contributed by atoms with Crippen molar-refractivity contribution in [3.63, 3.8) is 0 Å². The Labute approximate surface area is 97.4 Å². The lowest BCUT2D eigenvalue weighted by atomic mass is 10.1. The summed E-state index contributed by atoms with van der Waals surface area (Å²) in [5, 5.41) is 3.33. The van der Waals surface area contributed by atoms with Gasteiger partial charge in [-0.05, 0) is 12.8 Å². The van der Waals surface area contributed by atoms with Gasteiger partial charge in [0.25, 0.3) is 0 Å². The fourth-order valence-corrected chi connectivity index (χ4v) is 3.28. The van der Waals surface area contributed by atoms with Crippen LogP contribution in [0.2, 0.25) is 0 Å². The van der Waals surface area contributed by atoms with Gasteiger partial charge in [-0.3, -0.25) is 0 Å². The molecular weight excluding hydrogens is 230 g/mol. The minimum Gasteiger partial charge on any atom is -0.382 e. The van der Waals surface area contributed by atoms with Crippen LogP contribution in [0.5, 0.6) is 0 Å². The molecule has 1 fully saturated rings. The fourth-order valence-electron chi connectivity index (χ4n) is 1.79. The molecule has 1 heterocycles. The lowest BCUT2D eigenvalue weighted by Crippen LogP contribution is -2.42. The van der Waals surface area contributed by atoms with Gasteiger partial charge >= 0.3 is 0 Å². The molecule has 0 spiro atoms. The largest absolute Gasteiger partial charge is 0.382 e. The third kappa shape index (κ3) is 4.78. The second-order valence-corrected chi connectivity index (χ2v) is 6.45. The van der Waals surface area contributed by atoms with E-state index in [4.69, 9.17) is 9.47 Å². The van der Waals surface area contributed by atoms with Crippen LogP contribution in [0.25, 0.3) is 0 Å². The molecule has 5 nitrogen and oxygen atoms in total. The number of hydrogen-bond acceptors (Lipinski definition) is 5. The molecule has 1 aliphatic heterocycles. The summed E-state index contributed by atoms with van der Waals surface area (Å²) in [7, 11) is 0.522. The Bertz CT molecular complexity index is 277. The van der Waals surface area contributed by atoms with Gasteiger partial charge in [0, 0.05) is 26.8 Å². The summed E-state index contributed by atoms with van der Waals surface area (Å²) in [4.78, 5) is 0. The van der Waals surface area contributed by atoms with E-state index in [-0.39, 0.29) is 12.1 Å². The molecule has 1 unspecified atom stereocenters. The van der Waals surface area contributed by atoms with E-state index in [2.05, 4.69) is 5.32 Å². The predicted molar refractivity (Wildman–Crippen MR) is 62.4 cm³/mol. The predicted octanol–water partition coefficient (Wildman–Crippen LogP) is -0.185. The van der Waals surface area contributed by atoms with E-state index in [0.717, 1.165) is 0 Å². The second kappa shape index (κ2) is 6.54. The minimum atomic E-state index is -2.77. The Kier molecular flexibility index (Phi) is 5.68. The van der Waals surface area contributed by atoms with Crippen molar-refractivity contribution in [3.05, 3.63) is 0 Å². The first kappa shape index (κ1) is 13.9. The summed E-state index contributed by atoms with van der Waals surface area (Å²) >= 11 is 0. The summed E-state index contributed by atoms with van der Waals surface area (Å²) in [6.07, 6.45) is 1.43. The van der Waals surface area contributed by atoms with Crippen LogP contribution >= 0.6 is 0 Å². The smallest absolute Gasteiger partial charge is 0.150 e. The van der Waals surface area contributed by atoms with E-state index in [0.29, 0.717) is 37.5 Å². The first-order valence-electron chi connectivity index (χ1n) is 5.53. The quantitative estimate of drug-likeness (QED) is 0.709. The maximum Gasteiger partial charge on any atom is 0.150 e. The van der Waals surface area contributed by atoms with E-state index < -0.39 is 9.84 Å². The van der Waals surface area contributed by atoms with Crippen molar-refractivity contribution in [1.82, 2.24) is 5.32 Å². The molecule has 0 saturated carbocycles. The topological polar surface area (TPSA) is 64.6 Å². The van der Waals surface area contributed by atoms with Crippen LogP contribution in [0.3, 0.4) is 0 Å². The van der Waals surface area contributed by atoms with Crippen molar-refractivity contribution in [3.8, 4) is 0 Å². The van der Waals surface area contributed by atoms with Crippen LogP contribution in [-0.2, 0) is 19.3 Å². The van der Waals surface area contributed by atoms with Crippen LogP contribution in [0, 0.1) is 0 Å². The Hall–Kier alpha value is -0.170. The summed E-state index contributed by atoms with van der Waals surface area (Å²) in [5.74, 6) is 0.596. The normalized spacial score (nSPS) is 23.1. The molecule has 1 N–H and O–H groups in total. The van der Waals surface area contributed by atoms with E-state index >= 15 is 0 Å². The van der Waals surface area contributed by atoms with Gasteiger partial charge in [-0.1, -0.05) is 0 Å². The van der Waals surface area contributed by atoms with Gasteiger partial charge in [0.15, 0.2) is 0 Å². The minimum absolute atomic E-state index is 0.0310. The average molecular weight is 251 g/mol. The zero-order valence-electron chi connectivity index (χ0n) is 9.94. The highest BCUT2D eigenvalue weighted by Crippen LogP contribution is 2.12. The molecule has 16 heavy (non-hydrogen) atoms. The Morgan fingerprint density at radius 1 is 1.31 bits per heavy atom. The van der Waals surface area contributed by atoms with Crippen molar-refractivity contribution in [1.29, 1.82) is 0 Å². The van der Waals surface area contributed by atoms with Gasteiger partial charge in [-0.15, -0.1) is 0 Å². The fraction of sp³-hybridized carbons (Fsp3) is 1.00. The average Bonchev–Trinajstić information content (AvgIpc) is 2.26. The zero-order chi connectivity index (χ0) is 12.0. The van der Waals surface area contributed by atoms with Gasteiger partial charge in [0.05, 0.1) is 24.2 Å². The molecule has 96 valence electrons. The number of ether oxygens (including phenoxy) is 2. The third-order valence-corrected chi connectivity index (χ3v) is 4.59. The molecular formula is C10H21NO4S. The van der Waals surface area contributed by atoms with Crippen molar-refractivity contribution in [2.75, 3.05) is 38.9 Å². The van der Waals surface area contributed by atoms with Crippen LogP contribution in [-0.4, -0.2) is 59.4 Å². The van der Waals surface area contributed by atoms with Crippen molar-refractivity contribution in [2.24, 2.45) is 0 Å². The maximum atomic E-state index is 11.2. The van der Waals surface area contributed by atoms with Crippen LogP contribution in [0.4, 0.5) is 0 Å². The molecule has 0 aromatic carbocycles. The summed E-state index contributed by atoms with van der Waals surface area (Å²) in [6.45, 7) is 1.25. The monoisotopic (exact) mass is 251 g/mol. The van der Waals surface area contributed by atoms with E-state index in [1.54, 1.807) is 14.2 Å². The maximum absolute atomic E-state index is 11.2. The molecule has 0 aromatic heterocycles. The van der Waals surface area contributed by atoms with Crippen molar-refractivity contribution >= 4 is 9.84 Å². The second-order valence-electron chi connectivity index (χ2n) is 4.15. The van der Waals surface area contributed by atoms with Crippen LogP contribution < -0.4 is 5.32 Å². The first-order chi connectivity index (χ1) is 7.57. The van der Waals surface area contributed by atoms with Crippen LogP contribution in [0.1, 0.15) is 12.8 Å². The molecule has 0 aliphatic carbocycles. The lowest BCUT2D eigenvalue weighted by Gasteiger charge is -2.25. The molecule has 1 aliphatic rings. The van der Waals surface area contributed by atoms with Gasteiger partial charge in [-0.2, -0.15) is 0 Å². The molecule has 1 saturated heterocycles. The van der Waals surface area contributed by atoms with E-state index in [9.17, 15) is 8.42 Å². The molecule has 0 amide bonds. The summed E-state index contributed by atoms with van der Waals surface area (Å²) < 4.78 is 32.7. The standard InChI is InChI=1S/C10H21NO4S/c1-14-8-10(15-2)7-11-9-3-5-16(12,13)6-4-9/h9-11H,3-8H2,1-2H3. The molecule has 6 heteroatoms. The van der Waals surface area contributed by atoms with Crippen LogP contribution in [0.15, 0.2) is 0 Å². The number of hydrogen-bond donors (Lipinski definition) is 1. The van der Waals surface area contributed by atoms with Gasteiger partial charge in [-0.25, -0.2) is 8.42 Å². The van der Waals surface area contributed by atoms with Gasteiger partial charge in [0.1, 0.15) is 9.84 Å². The lowest BCUT2D eigenvalue weighted by molar-refractivity contribution is 0.0272. The Morgan fingerprint density at radius 3 is 2.44 bits per heavy atom. The highest BCUT2D eigenvalue weighted by atomic mass is 32.2. The van der Waals surface area contributed by atoms with Crippen molar-refractivity contribution < 1.29 is 17.9 Å². The Balaban J connectivity index is 2.23. The Morgan fingerprint density at radius 2 is 1.94 bits per heavy atom. The summed E-state index contributed by atoms with van der Waals surface area (Å²) in [6, 6.07) is 0.290. The van der Waals surface area contributed by atoms with Gasteiger partial charge < -0.3 is 14.8 Å². The molecule has 0 aromatic rings. The highest BCUT2D eigenvalue weighted by Gasteiger charge is 2.23. The summed E-state index contributed by atoms with van der Waals surface area (Å²) in [5.41, 5.74) is 0. The van der Waals surface area contributed by atoms with Crippen molar-refractivity contribution in [2.45, 2.75) is 25.0 Å². The third-order valence-electron chi connectivity index (χ3n) is 2.87. The molecule has 1 atom stereocenters. The number of methoxy groups -OCH3 is 2. The van der Waals surface area contributed by atoms with E-state index in [1.165, 1.54) is 0 Å². The highest BCUT2D eigenvalue weighted by molar-refractivity contribution is 7.91. The first-order valence-corrected chi connectivity index (χ1v) is 7.35. The molecule has 0 bridgehead atoms. The SMILES string of the molecule is COCC(CNC1CCS(=O)(=O)CC1)OC. The number of sulfone groups is 1. The zero-order valence-corrected chi connectivity index (χ0v) is 10.8.